The van der Waals surface area contributed by atoms with E-state index in [-0.39, 0.29) is 47.2 Å². The van der Waals surface area contributed by atoms with Crippen molar-refractivity contribution in [3.8, 4) is 5.75 Å². The number of aromatic hydroxyl groups is 1. The number of amides is 1. The third-order valence-electron chi connectivity index (χ3n) is 7.59. The number of primary amides is 1. The summed E-state index contributed by atoms with van der Waals surface area (Å²) in [6.45, 7) is 0.365. The van der Waals surface area contributed by atoms with Crippen molar-refractivity contribution in [3.63, 3.8) is 0 Å². The van der Waals surface area contributed by atoms with Crippen LogP contribution in [0, 0.1) is 17.7 Å². The minimum Gasteiger partial charge on any atom is -0.508 e. The first-order chi connectivity index (χ1) is 16.8. The van der Waals surface area contributed by atoms with Crippen molar-refractivity contribution in [3.05, 3.63) is 39.4 Å². The maximum absolute atomic E-state index is 15.6. The quantitative estimate of drug-likeness (QED) is 0.155. The summed E-state index contributed by atoms with van der Waals surface area (Å²) in [4.78, 5) is 40.2. The summed E-state index contributed by atoms with van der Waals surface area (Å²) in [5.74, 6) is -8.73. The molecule has 0 saturated heterocycles. The molecule has 9 N–H and O–H groups in total. The summed E-state index contributed by atoms with van der Waals surface area (Å²) < 4.78 is 15.6. The molecule has 0 bridgehead atoms. The van der Waals surface area contributed by atoms with Gasteiger partial charge in [-0.2, -0.15) is 0 Å². The van der Waals surface area contributed by atoms with Crippen LogP contribution in [0.15, 0.2) is 16.9 Å². The number of carbonyl (C=O) groups excluding carboxylic acids is 3. The van der Waals surface area contributed by atoms with Crippen LogP contribution in [-0.4, -0.2) is 82.1 Å². The van der Waals surface area contributed by atoms with Gasteiger partial charge in [0.2, 0.25) is 5.78 Å². The lowest BCUT2D eigenvalue weighted by molar-refractivity contribution is -0.153. The van der Waals surface area contributed by atoms with Crippen LogP contribution in [0.5, 0.6) is 5.75 Å². The van der Waals surface area contributed by atoms with Crippen molar-refractivity contribution in [2.45, 2.75) is 30.9 Å². The SMILES string of the molecule is CNCCc1c(N)c(O)c2c(c1F)C[C@H]1C[C@H]3[C@H](N(C)C)C(=O)C(C(N)=O)=C(O)[C@@]3(O)C(=O)C1=C2O. The second-order valence-corrected chi connectivity index (χ2v) is 9.72. The summed E-state index contributed by atoms with van der Waals surface area (Å²) in [5, 5.41) is 47.1. The molecule has 1 amide bonds. The van der Waals surface area contributed by atoms with Crippen molar-refractivity contribution >= 4 is 28.9 Å². The number of aliphatic hydroxyl groups excluding tert-OH is 2. The topological polar surface area (TPSA) is 199 Å². The average Bonchev–Trinajstić information content (AvgIpc) is 2.79. The zero-order valence-corrected chi connectivity index (χ0v) is 20.1. The van der Waals surface area contributed by atoms with Crippen molar-refractivity contribution in [1.82, 2.24) is 10.2 Å². The van der Waals surface area contributed by atoms with Crippen LogP contribution in [0.2, 0.25) is 0 Å². The summed E-state index contributed by atoms with van der Waals surface area (Å²) in [7, 11) is 4.67. The minimum absolute atomic E-state index is 0.0431. The molecule has 1 fully saturated rings. The predicted octanol–water partition coefficient (Wildman–Crippen LogP) is -0.553. The predicted molar refractivity (Wildman–Crippen MR) is 126 cm³/mol. The number of benzene rings is 1. The number of rotatable bonds is 5. The van der Waals surface area contributed by atoms with Gasteiger partial charge in [0.15, 0.2) is 11.4 Å². The van der Waals surface area contributed by atoms with Gasteiger partial charge < -0.3 is 37.2 Å². The van der Waals surface area contributed by atoms with Gasteiger partial charge in [-0.1, -0.05) is 0 Å². The first-order valence-corrected chi connectivity index (χ1v) is 11.4. The Labute approximate surface area is 205 Å². The molecule has 4 rings (SSSR count). The molecule has 0 unspecified atom stereocenters. The standard InChI is InChI=1S/C24H29FN4O7/c1-28-5-4-9-15(25)10-6-8-7-11-17(29(2)3)20(32)14(23(27)35)22(34)24(11,36)21(33)12(8)18(30)13(10)19(31)16(9)26/h8,11,17,28,30-31,34,36H,4-7,26H2,1-3H3,(H2,27,35)/t8-,11-,17-,24-/m0/s1. The van der Waals surface area contributed by atoms with E-state index in [4.69, 9.17) is 11.5 Å². The first-order valence-electron chi connectivity index (χ1n) is 11.4. The number of ketones is 2. The van der Waals surface area contributed by atoms with Gasteiger partial charge in [-0.15, -0.1) is 0 Å². The number of nitrogens with one attached hydrogen (secondary N) is 1. The van der Waals surface area contributed by atoms with Gasteiger partial charge in [0.25, 0.3) is 5.91 Å². The highest BCUT2D eigenvalue weighted by Gasteiger charge is 2.64. The Morgan fingerprint density at radius 3 is 2.44 bits per heavy atom. The number of phenolic OH excluding ortho intramolecular Hbond substituents is 1. The van der Waals surface area contributed by atoms with Gasteiger partial charge in [0, 0.05) is 22.6 Å². The van der Waals surface area contributed by atoms with Crippen LogP contribution in [0.25, 0.3) is 5.76 Å². The summed E-state index contributed by atoms with van der Waals surface area (Å²) in [5.41, 5.74) is 6.59. The lowest BCUT2D eigenvalue weighted by Crippen LogP contribution is -2.65. The fourth-order valence-corrected chi connectivity index (χ4v) is 5.90. The molecular weight excluding hydrogens is 475 g/mol. The molecule has 12 heteroatoms. The summed E-state index contributed by atoms with van der Waals surface area (Å²) in [6.07, 6.45) is -0.104. The number of carbonyl (C=O) groups is 3. The fourth-order valence-electron chi connectivity index (χ4n) is 5.90. The van der Waals surface area contributed by atoms with Crippen molar-refractivity contribution < 1.29 is 39.2 Å². The number of anilines is 1. The number of phenols is 1. The van der Waals surface area contributed by atoms with Crippen molar-refractivity contribution in [1.29, 1.82) is 0 Å². The number of Topliss-reactive ketones (excluding diaryl/α,β-unsaturated/α-hetero) is 2. The first kappa shape index (κ1) is 25.6. The number of hydrogen-bond donors (Lipinski definition) is 7. The number of nitrogen functional groups attached to an aromatic ring is 1. The molecule has 0 heterocycles. The van der Waals surface area contributed by atoms with Crippen molar-refractivity contribution in [2.24, 2.45) is 17.6 Å². The van der Waals surface area contributed by atoms with E-state index < -0.39 is 69.6 Å². The lowest BCUT2D eigenvalue weighted by Gasteiger charge is -2.50. The number of nitrogens with two attached hydrogens (primary N) is 2. The molecule has 1 saturated carbocycles. The van der Waals surface area contributed by atoms with Gasteiger partial charge in [0.05, 0.1) is 17.3 Å². The van der Waals surface area contributed by atoms with E-state index >= 15 is 4.39 Å². The highest BCUT2D eigenvalue weighted by Crippen LogP contribution is 2.53. The van der Waals surface area contributed by atoms with Gasteiger partial charge >= 0.3 is 0 Å². The summed E-state index contributed by atoms with van der Waals surface area (Å²) >= 11 is 0. The van der Waals surface area contributed by atoms with Gasteiger partial charge in [-0.05, 0) is 52.9 Å². The largest absolute Gasteiger partial charge is 0.508 e. The molecule has 0 spiro atoms. The van der Waals surface area contributed by atoms with Gasteiger partial charge in [0.1, 0.15) is 28.7 Å². The van der Waals surface area contributed by atoms with E-state index in [1.807, 2.05) is 0 Å². The van der Waals surface area contributed by atoms with Gasteiger partial charge in [-0.3, -0.25) is 19.3 Å². The molecule has 194 valence electrons. The number of likely N-dealkylation sites (N-methyl/N-ethyl adjacent to an activating group) is 2. The van der Waals surface area contributed by atoms with E-state index in [0.717, 1.165) is 0 Å². The molecule has 1 aromatic carbocycles. The Morgan fingerprint density at radius 1 is 1.25 bits per heavy atom. The zero-order chi connectivity index (χ0) is 26.9. The molecular formula is C24H29FN4O7. The lowest BCUT2D eigenvalue weighted by atomic mass is 9.57. The van der Waals surface area contributed by atoms with E-state index in [1.54, 1.807) is 7.05 Å². The maximum atomic E-state index is 15.6. The van der Waals surface area contributed by atoms with E-state index in [2.05, 4.69) is 5.32 Å². The molecule has 0 radical (unpaired) electrons. The van der Waals surface area contributed by atoms with Crippen LogP contribution in [0.3, 0.4) is 0 Å². The van der Waals surface area contributed by atoms with Gasteiger partial charge in [-0.25, -0.2) is 4.39 Å². The highest BCUT2D eigenvalue weighted by atomic mass is 19.1. The molecule has 3 aliphatic rings. The second kappa shape index (κ2) is 8.57. The van der Waals surface area contributed by atoms with Crippen LogP contribution in [-0.2, 0) is 27.2 Å². The smallest absolute Gasteiger partial charge is 0.255 e. The number of nitrogens with zero attached hydrogens (tertiary/aromatic N) is 1. The Kier molecular flexibility index (Phi) is 6.10. The third kappa shape index (κ3) is 3.25. The van der Waals surface area contributed by atoms with Crippen molar-refractivity contribution in [2.75, 3.05) is 33.4 Å². The fraction of sp³-hybridized carbons (Fsp3) is 0.458. The molecule has 36 heavy (non-hydrogen) atoms. The number of halogens is 1. The highest BCUT2D eigenvalue weighted by molar-refractivity contribution is 6.24. The number of aliphatic hydroxyl groups is 3. The Balaban J connectivity index is 1.97. The third-order valence-corrected chi connectivity index (χ3v) is 7.59. The minimum atomic E-state index is -2.75. The van der Waals surface area contributed by atoms with Crippen LogP contribution < -0.4 is 16.8 Å². The Hall–Kier alpha value is -3.48. The molecule has 0 aromatic heterocycles. The Bertz CT molecular complexity index is 1270. The maximum Gasteiger partial charge on any atom is 0.255 e. The van der Waals surface area contributed by atoms with E-state index in [1.165, 1.54) is 19.0 Å². The van der Waals surface area contributed by atoms with E-state index in [9.17, 15) is 34.8 Å². The Morgan fingerprint density at radius 2 is 1.89 bits per heavy atom. The second-order valence-electron chi connectivity index (χ2n) is 9.72. The average molecular weight is 505 g/mol. The molecule has 1 aromatic rings. The van der Waals surface area contributed by atoms with Crippen LogP contribution >= 0.6 is 0 Å². The molecule has 3 aliphatic carbocycles. The molecule has 4 atom stereocenters. The zero-order valence-electron chi connectivity index (χ0n) is 20.1. The summed E-state index contributed by atoms with van der Waals surface area (Å²) in [6, 6.07) is -1.21. The van der Waals surface area contributed by atoms with E-state index in [0.29, 0.717) is 6.54 Å². The molecule has 11 nitrogen and oxygen atoms in total. The van der Waals surface area contributed by atoms with Crippen LogP contribution in [0.4, 0.5) is 10.1 Å². The monoisotopic (exact) mass is 504 g/mol. The number of hydrogen-bond acceptors (Lipinski definition) is 10. The normalized spacial score (nSPS) is 27.8. The van der Waals surface area contributed by atoms with Crippen LogP contribution in [0.1, 0.15) is 23.1 Å². The molecule has 0 aliphatic heterocycles. The number of fused-ring (bicyclic) bond motifs is 3.